The normalized spacial score (nSPS) is 10.1. The van der Waals surface area contributed by atoms with E-state index in [9.17, 15) is 14.4 Å². The zero-order chi connectivity index (χ0) is 22.3. The first-order valence-electron chi connectivity index (χ1n) is 9.29. The van der Waals surface area contributed by atoms with E-state index in [1.807, 2.05) is 19.9 Å². The Labute approximate surface area is 173 Å². The van der Waals surface area contributed by atoms with Crippen molar-refractivity contribution in [1.82, 2.24) is 15.1 Å². The fraction of sp³-hybridized carbons (Fsp3) is 0.350. The van der Waals surface area contributed by atoms with E-state index < -0.39 is 24.0 Å². The van der Waals surface area contributed by atoms with Crippen LogP contribution in [0, 0.1) is 25.2 Å². The van der Waals surface area contributed by atoms with Crippen LogP contribution in [0.15, 0.2) is 23.0 Å². The fourth-order valence-electron chi connectivity index (χ4n) is 2.60. The number of imide groups is 1. The number of aryl methyl sites for hydroxylation is 1. The Morgan fingerprint density at radius 3 is 2.47 bits per heavy atom. The number of nitrogens with zero attached hydrogens (tertiary/aromatic N) is 3. The van der Waals surface area contributed by atoms with Gasteiger partial charge in [-0.2, -0.15) is 10.4 Å². The molecule has 0 fully saturated rings. The minimum absolute atomic E-state index is 0.0856. The maximum Gasteiger partial charge on any atom is 0.325 e. The molecule has 0 bridgehead atoms. The van der Waals surface area contributed by atoms with Crippen LogP contribution in [0.5, 0.6) is 11.5 Å². The van der Waals surface area contributed by atoms with Crippen molar-refractivity contribution in [3.63, 3.8) is 0 Å². The monoisotopic (exact) mass is 413 g/mol. The molecular formula is C20H23N5O5. The van der Waals surface area contributed by atoms with E-state index >= 15 is 0 Å². The Balaban J connectivity index is 2.08. The van der Waals surface area contributed by atoms with Crippen LogP contribution in [0.2, 0.25) is 0 Å². The third-order valence-electron chi connectivity index (χ3n) is 4.10. The summed E-state index contributed by atoms with van der Waals surface area (Å²) >= 11 is 0. The molecule has 0 saturated carbocycles. The average Bonchev–Trinajstić information content (AvgIpc) is 2.68. The lowest BCUT2D eigenvalue weighted by atomic mass is 10.1. The summed E-state index contributed by atoms with van der Waals surface area (Å²) in [7, 11) is 0. The van der Waals surface area contributed by atoms with Gasteiger partial charge in [0.05, 0.1) is 18.9 Å². The molecule has 0 spiro atoms. The van der Waals surface area contributed by atoms with Crippen LogP contribution in [0.4, 0.5) is 10.5 Å². The molecule has 0 aliphatic carbocycles. The minimum Gasteiger partial charge on any atom is -0.490 e. The number of carbonyl (C=O) groups is 2. The summed E-state index contributed by atoms with van der Waals surface area (Å²) in [6, 6.07) is 5.85. The van der Waals surface area contributed by atoms with Gasteiger partial charge in [-0.15, -0.1) is 0 Å². The third kappa shape index (κ3) is 5.35. The van der Waals surface area contributed by atoms with Gasteiger partial charge in [0.25, 0.3) is 5.56 Å². The highest BCUT2D eigenvalue weighted by atomic mass is 16.5. The van der Waals surface area contributed by atoms with Gasteiger partial charge in [-0.05, 0) is 45.4 Å². The van der Waals surface area contributed by atoms with Gasteiger partial charge in [0, 0.05) is 11.8 Å². The highest BCUT2D eigenvalue weighted by Gasteiger charge is 2.16. The quantitative estimate of drug-likeness (QED) is 0.707. The first-order valence-corrected chi connectivity index (χ1v) is 9.29. The molecule has 10 nitrogen and oxygen atoms in total. The molecule has 0 atom stereocenters. The second-order valence-corrected chi connectivity index (χ2v) is 6.19. The lowest BCUT2D eigenvalue weighted by Crippen LogP contribution is -2.40. The zero-order valence-corrected chi connectivity index (χ0v) is 17.2. The summed E-state index contributed by atoms with van der Waals surface area (Å²) in [6.07, 6.45) is 0. The van der Waals surface area contributed by atoms with Crippen LogP contribution in [0.25, 0.3) is 0 Å². The number of aromatic nitrogens is 2. The van der Waals surface area contributed by atoms with Gasteiger partial charge in [0.15, 0.2) is 11.5 Å². The first kappa shape index (κ1) is 22.4. The van der Waals surface area contributed by atoms with Crippen molar-refractivity contribution >= 4 is 17.6 Å². The van der Waals surface area contributed by atoms with E-state index in [-0.39, 0.29) is 5.56 Å². The number of nitrogens with one attached hydrogen (secondary N) is 2. The summed E-state index contributed by atoms with van der Waals surface area (Å²) in [5.74, 6) is 0.235. The summed E-state index contributed by atoms with van der Waals surface area (Å²) in [5.41, 5.74) is 0.515. The Hall–Kier alpha value is -3.87. The van der Waals surface area contributed by atoms with Gasteiger partial charge in [-0.3, -0.25) is 14.9 Å². The highest BCUT2D eigenvalue weighted by Crippen LogP contribution is 2.30. The molecule has 2 N–H and O–H groups in total. The third-order valence-corrected chi connectivity index (χ3v) is 4.10. The predicted molar refractivity (Wildman–Crippen MR) is 109 cm³/mol. The first-order chi connectivity index (χ1) is 14.3. The maximum absolute atomic E-state index is 12.2. The average molecular weight is 413 g/mol. The van der Waals surface area contributed by atoms with Crippen molar-refractivity contribution in [3.05, 3.63) is 45.4 Å². The van der Waals surface area contributed by atoms with Gasteiger partial charge in [-0.25, -0.2) is 9.48 Å². The summed E-state index contributed by atoms with van der Waals surface area (Å²) in [5, 5.41) is 17.8. The van der Waals surface area contributed by atoms with Gasteiger partial charge < -0.3 is 14.8 Å². The van der Waals surface area contributed by atoms with Crippen molar-refractivity contribution in [2.75, 3.05) is 18.5 Å². The van der Waals surface area contributed by atoms with Gasteiger partial charge in [-0.1, -0.05) is 0 Å². The smallest absolute Gasteiger partial charge is 0.325 e. The number of ether oxygens (including phenoxy) is 2. The molecule has 1 heterocycles. The van der Waals surface area contributed by atoms with Crippen molar-refractivity contribution in [2.24, 2.45) is 0 Å². The number of amides is 3. The number of anilines is 1. The van der Waals surface area contributed by atoms with Crippen LogP contribution in [0.1, 0.15) is 30.7 Å². The number of hydrogen-bond donors (Lipinski definition) is 2. The molecule has 30 heavy (non-hydrogen) atoms. The Morgan fingerprint density at radius 1 is 1.17 bits per heavy atom. The number of hydrogen-bond acceptors (Lipinski definition) is 7. The van der Waals surface area contributed by atoms with Gasteiger partial charge in [0.2, 0.25) is 5.91 Å². The molecule has 0 saturated heterocycles. The van der Waals surface area contributed by atoms with Gasteiger partial charge >= 0.3 is 6.03 Å². The summed E-state index contributed by atoms with van der Waals surface area (Å²) < 4.78 is 11.8. The molecule has 2 rings (SSSR count). The number of rotatable bonds is 7. The second kappa shape index (κ2) is 10.1. The van der Waals surface area contributed by atoms with Crippen LogP contribution in [0.3, 0.4) is 0 Å². The van der Waals surface area contributed by atoms with E-state index in [0.717, 1.165) is 4.68 Å². The van der Waals surface area contributed by atoms with E-state index in [4.69, 9.17) is 14.7 Å². The maximum atomic E-state index is 12.2. The lowest BCUT2D eigenvalue weighted by molar-refractivity contribution is -0.120. The minimum atomic E-state index is -0.788. The lowest BCUT2D eigenvalue weighted by Gasteiger charge is -2.13. The molecule has 3 amide bonds. The molecular weight excluding hydrogens is 390 g/mol. The van der Waals surface area contributed by atoms with Crippen molar-refractivity contribution in [2.45, 2.75) is 34.2 Å². The molecule has 1 aromatic carbocycles. The van der Waals surface area contributed by atoms with E-state index in [1.54, 1.807) is 32.0 Å². The van der Waals surface area contributed by atoms with E-state index in [1.165, 1.54) is 0 Å². The molecule has 0 aliphatic heterocycles. The Morgan fingerprint density at radius 2 is 1.83 bits per heavy atom. The van der Waals surface area contributed by atoms with Crippen LogP contribution in [-0.4, -0.2) is 34.9 Å². The topological polar surface area (TPSA) is 135 Å². The van der Waals surface area contributed by atoms with Crippen molar-refractivity contribution in [1.29, 1.82) is 5.26 Å². The molecule has 158 valence electrons. The Bertz CT molecular complexity index is 1050. The van der Waals surface area contributed by atoms with Gasteiger partial charge in [0.1, 0.15) is 18.2 Å². The molecule has 0 radical (unpaired) electrons. The predicted octanol–water partition coefficient (Wildman–Crippen LogP) is 1.88. The van der Waals surface area contributed by atoms with Crippen molar-refractivity contribution in [3.8, 4) is 17.6 Å². The van der Waals surface area contributed by atoms with Crippen LogP contribution < -0.4 is 25.7 Å². The number of benzene rings is 1. The molecule has 0 aliphatic rings. The number of carbonyl (C=O) groups excluding carboxylic acids is 2. The molecule has 10 heteroatoms. The zero-order valence-electron chi connectivity index (χ0n) is 17.2. The van der Waals surface area contributed by atoms with E-state index in [2.05, 4.69) is 15.7 Å². The highest BCUT2D eigenvalue weighted by molar-refractivity contribution is 6.01. The van der Waals surface area contributed by atoms with Crippen LogP contribution >= 0.6 is 0 Å². The molecule has 1 aromatic heterocycles. The standard InChI is InChI=1S/C20H23N5O5/c1-5-29-16-8-7-14(9-17(16)30-6-2)22-20(28)23-18(26)11-25-19(27)15(10-21)12(3)13(4)24-25/h7-9H,5-6,11H2,1-4H3,(H2,22,23,26,28). The SMILES string of the molecule is CCOc1ccc(NC(=O)NC(=O)Cn2nc(C)c(C)c(C#N)c2=O)cc1OCC. The van der Waals surface area contributed by atoms with Crippen molar-refractivity contribution < 1.29 is 19.1 Å². The number of nitriles is 1. The molecule has 2 aromatic rings. The van der Waals surface area contributed by atoms with Crippen LogP contribution in [-0.2, 0) is 11.3 Å². The molecule has 0 unspecified atom stereocenters. The number of urea groups is 1. The summed E-state index contributed by atoms with van der Waals surface area (Å²) in [6.45, 7) is 7.26. The van der Waals surface area contributed by atoms with E-state index in [0.29, 0.717) is 41.7 Å². The Kier molecular flexibility index (Phi) is 7.52. The largest absolute Gasteiger partial charge is 0.490 e. The fourth-order valence-corrected chi connectivity index (χ4v) is 2.60. The second-order valence-electron chi connectivity index (χ2n) is 6.19. The summed E-state index contributed by atoms with van der Waals surface area (Å²) in [4.78, 5) is 36.6.